The molecule has 0 saturated carbocycles. The van der Waals surface area contributed by atoms with Crippen molar-refractivity contribution in [2.45, 2.75) is 0 Å². The number of fused-ring (bicyclic) bond motifs is 1. The Kier molecular flexibility index (Phi) is 4.90. The Balaban J connectivity index is 1.73. The molecule has 2 N–H and O–H groups in total. The Morgan fingerprint density at radius 3 is 2.76 bits per heavy atom. The number of aromatic amines is 1. The Bertz CT molecular complexity index is 950. The third-order valence-electron chi connectivity index (χ3n) is 3.64. The van der Waals surface area contributed by atoms with Gasteiger partial charge in [-0.2, -0.15) is 5.10 Å². The van der Waals surface area contributed by atoms with Crippen LogP contribution in [0.2, 0.25) is 5.02 Å². The number of carbonyl (C=O) groups is 1. The molecule has 3 rings (SSSR count). The topological polar surface area (TPSA) is 75.7 Å². The van der Waals surface area contributed by atoms with Gasteiger partial charge in [-0.25, -0.2) is 5.43 Å². The smallest absolute Gasteiger partial charge is 0.287 e. The van der Waals surface area contributed by atoms with E-state index < -0.39 is 0 Å². The van der Waals surface area contributed by atoms with E-state index in [1.807, 2.05) is 6.07 Å². The fraction of sp³-hybridized carbons (Fsp3) is 0.111. The summed E-state index contributed by atoms with van der Waals surface area (Å²) in [7, 11) is 3.14. The second kappa shape index (κ2) is 7.27. The highest BCUT2D eigenvalue weighted by molar-refractivity contribution is 6.31. The van der Waals surface area contributed by atoms with Gasteiger partial charge >= 0.3 is 0 Å². The molecule has 7 heteroatoms. The summed E-state index contributed by atoms with van der Waals surface area (Å²) in [5.74, 6) is 0.920. The van der Waals surface area contributed by atoms with Crippen molar-refractivity contribution in [3.05, 3.63) is 58.7 Å². The van der Waals surface area contributed by atoms with Crippen molar-refractivity contribution >= 4 is 34.6 Å². The minimum atomic E-state index is -0.351. The summed E-state index contributed by atoms with van der Waals surface area (Å²) in [5.41, 5.74) is 4.43. The molecule has 0 spiro atoms. The number of amides is 1. The average Bonchev–Trinajstić information content (AvgIpc) is 3.05. The summed E-state index contributed by atoms with van der Waals surface area (Å²) in [6.07, 6.45) is 1.51. The highest BCUT2D eigenvalue weighted by atomic mass is 35.5. The molecule has 3 aromatic rings. The number of aromatic nitrogens is 1. The summed E-state index contributed by atoms with van der Waals surface area (Å²) >= 11 is 5.95. The molecule has 0 aliphatic carbocycles. The summed E-state index contributed by atoms with van der Waals surface area (Å²) in [6.45, 7) is 0. The summed E-state index contributed by atoms with van der Waals surface area (Å²) < 4.78 is 10.4. The molecule has 25 heavy (non-hydrogen) atoms. The van der Waals surface area contributed by atoms with E-state index in [0.717, 1.165) is 10.9 Å². The number of halogens is 1. The molecule has 0 fully saturated rings. The molecule has 0 atom stereocenters. The lowest BCUT2D eigenvalue weighted by Crippen LogP contribution is -2.17. The van der Waals surface area contributed by atoms with Gasteiger partial charge in [0.15, 0.2) is 0 Å². The summed E-state index contributed by atoms with van der Waals surface area (Å²) in [4.78, 5) is 15.2. The first-order valence-electron chi connectivity index (χ1n) is 7.44. The number of H-pyrrole nitrogens is 1. The first-order chi connectivity index (χ1) is 12.1. The number of nitrogens with one attached hydrogen (secondary N) is 2. The zero-order valence-corrected chi connectivity index (χ0v) is 14.4. The molecule has 0 aliphatic heterocycles. The van der Waals surface area contributed by atoms with Crippen LogP contribution in [0.15, 0.2) is 47.6 Å². The Morgan fingerprint density at radius 1 is 1.16 bits per heavy atom. The number of hydrazone groups is 1. The van der Waals surface area contributed by atoms with Crippen molar-refractivity contribution in [2.24, 2.45) is 5.10 Å². The minimum Gasteiger partial charge on any atom is -0.497 e. The van der Waals surface area contributed by atoms with Gasteiger partial charge in [0, 0.05) is 27.6 Å². The number of hydrogen-bond donors (Lipinski definition) is 2. The van der Waals surface area contributed by atoms with Crippen LogP contribution in [0.25, 0.3) is 10.9 Å². The van der Waals surface area contributed by atoms with Crippen LogP contribution in [0.5, 0.6) is 11.5 Å². The Morgan fingerprint density at radius 2 is 2.00 bits per heavy atom. The molecule has 1 amide bonds. The third kappa shape index (κ3) is 3.75. The van der Waals surface area contributed by atoms with E-state index in [4.69, 9.17) is 21.1 Å². The third-order valence-corrected chi connectivity index (χ3v) is 3.87. The molecule has 6 nitrogen and oxygen atoms in total. The maximum Gasteiger partial charge on any atom is 0.287 e. The number of carbonyl (C=O) groups excluding carboxylic acids is 1. The highest BCUT2D eigenvalue weighted by Crippen LogP contribution is 2.23. The first kappa shape index (κ1) is 16.9. The van der Waals surface area contributed by atoms with Gasteiger partial charge in [0.05, 0.1) is 20.4 Å². The van der Waals surface area contributed by atoms with Crippen LogP contribution < -0.4 is 14.9 Å². The summed E-state index contributed by atoms with van der Waals surface area (Å²) in [5, 5.41) is 5.45. The largest absolute Gasteiger partial charge is 0.497 e. The standard InChI is InChI=1S/C18H16ClN3O3/c1-24-14-5-3-11(17(9-14)25-2)10-20-22-18(23)16-8-12-7-13(19)4-6-15(12)21-16/h3-10,21H,1-2H3,(H,22,23). The molecule has 2 aromatic carbocycles. The SMILES string of the molecule is COc1ccc(C=NNC(=O)c2cc3cc(Cl)ccc3[nH]2)c(OC)c1. The van der Waals surface area contributed by atoms with Crippen LogP contribution in [-0.2, 0) is 0 Å². The number of rotatable bonds is 5. The van der Waals surface area contributed by atoms with Crippen molar-refractivity contribution in [1.82, 2.24) is 10.4 Å². The van der Waals surface area contributed by atoms with Gasteiger partial charge in [-0.05, 0) is 36.4 Å². The van der Waals surface area contributed by atoms with Gasteiger partial charge in [0.1, 0.15) is 17.2 Å². The molecule has 0 unspecified atom stereocenters. The maximum absolute atomic E-state index is 12.2. The van der Waals surface area contributed by atoms with E-state index in [-0.39, 0.29) is 5.91 Å². The zero-order valence-electron chi connectivity index (χ0n) is 13.7. The van der Waals surface area contributed by atoms with E-state index >= 15 is 0 Å². The monoisotopic (exact) mass is 357 g/mol. The van der Waals surface area contributed by atoms with Crippen LogP contribution in [0.4, 0.5) is 0 Å². The van der Waals surface area contributed by atoms with Gasteiger partial charge < -0.3 is 14.5 Å². The highest BCUT2D eigenvalue weighted by Gasteiger charge is 2.09. The number of nitrogens with zero attached hydrogens (tertiary/aromatic N) is 1. The van der Waals surface area contributed by atoms with Crippen molar-refractivity contribution < 1.29 is 14.3 Å². The fourth-order valence-electron chi connectivity index (χ4n) is 2.37. The van der Waals surface area contributed by atoms with Crippen LogP contribution >= 0.6 is 11.6 Å². The van der Waals surface area contributed by atoms with Gasteiger partial charge in [0.2, 0.25) is 0 Å². The van der Waals surface area contributed by atoms with E-state index in [1.54, 1.807) is 50.6 Å². The van der Waals surface area contributed by atoms with Crippen molar-refractivity contribution in [3.63, 3.8) is 0 Å². The first-order valence-corrected chi connectivity index (χ1v) is 7.82. The van der Waals surface area contributed by atoms with Gasteiger partial charge in [-0.1, -0.05) is 11.6 Å². The van der Waals surface area contributed by atoms with Gasteiger partial charge in [0.25, 0.3) is 5.91 Å². The number of methoxy groups -OCH3 is 2. The van der Waals surface area contributed by atoms with Gasteiger partial charge in [-0.15, -0.1) is 0 Å². The minimum absolute atomic E-state index is 0.351. The van der Waals surface area contributed by atoms with Crippen LogP contribution in [0.3, 0.4) is 0 Å². The number of hydrogen-bond acceptors (Lipinski definition) is 4. The van der Waals surface area contributed by atoms with Crippen molar-refractivity contribution in [2.75, 3.05) is 14.2 Å². The molecule has 1 heterocycles. The molecule has 0 saturated heterocycles. The quantitative estimate of drug-likeness (QED) is 0.541. The summed E-state index contributed by atoms with van der Waals surface area (Å²) in [6, 6.07) is 12.4. The van der Waals surface area contributed by atoms with Crippen molar-refractivity contribution in [3.8, 4) is 11.5 Å². The second-order valence-corrected chi connectivity index (χ2v) is 5.66. The van der Waals surface area contributed by atoms with E-state index in [9.17, 15) is 4.79 Å². The lowest BCUT2D eigenvalue weighted by atomic mass is 10.2. The van der Waals surface area contributed by atoms with E-state index in [2.05, 4.69) is 15.5 Å². The predicted octanol–water partition coefficient (Wildman–Crippen LogP) is 3.60. The molecular formula is C18H16ClN3O3. The Hall–Kier alpha value is -2.99. The normalized spacial score (nSPS) is 11.0. The predicted molar refractivity (Wildman–Crippen MR) is 97.9 cm³/mol. The van der Waals surface area contributed by atoms with Crippen molar-refractivity contribution in [1.29, 1.82) is 0 Å². The Labute approximate surface area is 149 Å². The fourth-order valence-corrected chi connectivity index (χ4v) is 2.55. The van der Waals surface area contributed by atoms with Crippen LogP contribution in [0.1, 0.15) is 16.1 Å². The lowest BCUT2D eigenvalue weighted by molar-refractivity contribution is 0.0951. The maximum atomic E-state index is 12.2. The molecule has 0 bridgehead atoms. The van der Waals surface area contributed by atoms with E-state index in [1.165, 1.54) is 6.21 Å². The lowest BCUT2D eigenvalue weighted by Gasteiger charge is -2.06. The van der Waals surface area contributed by atoms with E-state index in [0.29, 0.717) is 27.8 Å². The molecule has 1 aromatic heterocycles. The number of ether oxygens (including phenoxy) is 2. The molecule has 0 aliphatic rings. The second-order valence-electron chi connectivity index (χ2n) is 5.22. The van der Waals surface area contributed by atoms with Gasteiger partial charge in [-0.3, -0.25) is 4.79 Å². The molecule has 0 radical (unpaired) electrons. The molecular weight excluding hydrogens is 342 g/mol. The van der Waals surface area contributed by atoms with Crippen LogP contribution in [0, 0.1) is 0 Å². The number of benzene rings is 2. The molecule has 128 valence electrons. The average molecular weight is 358 g/mol. The van der Waals surface area contributed by atoms with Crippen LogP contribution in [-0.4, -0.2) is 31.3 Å². The zero-order chi connectivity index (χ0) is 17.8.